The van der Waals surface area contributed by atoms with Crippen molar-refractivity contribution >= 4 is 11.6 Å². The van der Waals surface area contributed by atoms with Gasteiger partial charge in [0, 0.05) is 17.2 Å². The van der Waals surface area contributed by atoms with Crippen molar-refractivity contribution in [3.8, 4) is 28.4 Å². The normalized spacial score (nSPS) is 15.3. The summed E-state index contributed by atoms with van der Waals surface area (Å²) in [5.74, 6) is 0.785. The highest BCUT2D eigenvalue weighted by atomic mass is 35.5. The molecule has 0 radical (unpaired) electrons. The van der Waals surface area contributed by atoms with E-state index < -0.39 is 5.60 Å². The van der Waals surface area contributed by atoms with Gasteiger partial charge in [0.15, 0.2) is 0 Å². The van der Waals surface area contributed by atoms with Crippen LogP contribution in [0.4, 0.5) is 0 Å². The Labute approximate surface area is 116 Å². The van der Waals surface area contributed by atoms with Crippen LogP contribution in [0.25, 0.3) is 11.1 Å². The van der Waals surface area contributed by atoms with E-state index in [1.807, 2.05) is 19.9 Å². The maximum absolute atomic E-state index is 9.69. The summed E-state index contributed by atoms with van der Waals surface area (Å²) in [4.78, 5) is 0. The van der Waals surface area contributed by atoms with Crippen molar-refractivity contribution in [3.63, 3.8) is 0 Å². The van der Waals surface area contributed by atoms with Crippen molar-refractivity contribution in [3.05, 3.63) is 40.9 Å². The largest absolute Gasteiger partial charge is 0.508 e. The van der Waals surface area contributed by atoms with Gasteiger partial charge in [-0.3, -0.25) is 0 Å². The minimum atomic E-state index is -0.582. The van der Waals surface area contributed by atoms with Crippen molar-refractivity contribution in [1.29, 1.82) is 0 Å². The summed E-state index contributed by atoms with van der Waals surface area (Å²) in [5.41, 5.74) is 2.08. The number of aromatic hydroxyl groups is 2. The van der Waals surface area contributed by atoms with E-state index in [2.05, 4.69) is 0 Å². The van der Waals surface area contributed by atoms with Gasteiger partial charge in [-0.2, -0.15) is 0 Å². The van der Waals surface area contributed by atoms with E-state index in [-0.39, 0.29) is 16.5 Å². The molecule has 0 atom stereocenters. The van der Waals surface area contributed by atoms with Crippen LogP contribution < -0.4 is 4.74 Å². The summed E-state index contributed by atoms with van der Waals surface area (Å²) in [6, 6.07) is 8.36. The average Bonchev–Trinajstić information content (AvgIpc) is 2.32. The predicted octanol–water partition coefficient (Wildman–Crippen LogP) is 4.05. The number of hydrogen-bond acceptors (Lipinski definition) is 3. The monoisotopic (exact) mass is 276 g/mol. The molecule has 19 heavy (non-hydrogen) atoms. The summed E-state index contributed by atoms with van der Waals surface area (Å²) in [7, 11) is 0. The number of fused-ring (bicyclic) bond motifs is 3. The van der Waals surface area contributed by atoms with Crippen LogP contribution in [0.3, 0.4) is 0 Å². The van der Waals surface area contributed by atoms with Crippen molar-refractivity contribution in [1.82, 2.24) is 0 Å². The molecule has 0 bridgehead atoms. The molecule has 98 valence electrons. The molecule has 0 unspecified atom stereocenters. The Morgan fingerprint density at radius 1 is 1.05 bits per heavy atom. The fourth-order valence-electron chi connectivity index (χ4n) is 2.43. The smallest absolute Gasteiger partial charge is 0.137 e. The molecule has 1 aliphatic heterocycles. The maximum Gasteiger partial charge on any atom is 0.137 e. The number of hydrogen-bond donors (Lipinski definition) is 2. The molecule has 0 aliphatic carbocycles. The van der Waals surface area contributed by atoms with Crippen LogP contribution in [0.2, 0.25) is 5.02 Å². The summed E-state index contributed by atoms with van der Waals surface area (Å²) in [6.07, 6.45) is 0. The third kappa shape index (κ3) is 1.81. The Hall–Kier alpha value is -1.87. The molecule has 0 aromatic heterocycles. The van der Waals surface area contributed by atoms with Crippen molar-refractivity contribution in [2.75, 3.05) is 0 Å². The van der Waals surface area contributed by atoms with E-state index in [0.29, 0.717) is 5.75 Å². The van der Waals surface area contributed by atoms with Gasteiger partial charge in [0.1, 0.15) is 22.8 Å². The van der Waals surface area contributed by atoms with Gasteiger partial charge in [-0.1, -0.05) is 17.7 Å². The molecule has 0 spiro atoms. The first-order valence-electron chi connectivity index (χ1n) is 5.94. The molecular formula is C15H13ClO3. The SMILES string of the molecule is CC1(C)Oc2cc(O)c(Cl)cc2-c2ccc(O)cc21. The number of halogens is 1. The molecule has 0 amide bonds. The zero-order valence-electron chi connectivity index (χ0n) is 10.6. The molecule has 3 rings (SSSR count). The third-order valence-corrected chi connectivity index (χ3v) is 3.66. The quantitative estimate of drug-likeness (QED) is 0.763. The average molecular weight is 277 g/mol. The van der Waals surface area contributed by atoms with Crippen LogP contribution >= 0.6 is 11.6 Å². The van der Waals surface area contributed by atoms with Gasteiger partial charge in [0.05, 0.1) is 5.02 Å². The number of phenolic OH excluding ortho intramolecular Hbond substituents is 2. The molecule has 0 fully saturated rings. The molecule has 4 heteroatoms. The number of phenols is 2. The van der Waals surface area contributed by atoms with Gasteiger partial charge in [-0.15, -0.1) is 0 Å². The van der Waals surface area contributed by atoms with Crippen molar-refractivity contribution in [2.45, 2.75) is 19.4 Å². The van der Waals surface area contributed by atoms with E-state index >= 15 is 0 Å². The highest BCUT2D eigenvalue weighted by Gasteiger charge is 2.33. The van der Waals surface area contributed by atoms with E-state index in [1.54, 1.807) is 18.2 Å². The third-order valence-electron chi connectivity index (χ3n) is 3.36. The summed E-state index contributed by atoms with van der Waals surface area (Å²) < 4.78 is 5.91. The Bertz CT molecular complexity index is 677. The van der Waals surface area contributed by atoms with Crippen LogP contribution in [-0.2, 0) is 5.60 Å². The van der Waals surface area contributed by atoms with Crippen molar-refractivity contribution < 1.29 is 14.9 Å². The standard InChI is InChI=1S/C15H13ClO3/c1-15(2)11-5-8(17)3-4-9(11)10-6-12(16)13(18)7-14(10)19-15/h3-7,17-18H,1-2H3. The van der Waals surface area contributed by atoms with Gasteiger partial charge in [0.25, 0.3) is 0 Å². The highest BCUT2D eigenvalue weighted by molar-refractivity contribution is 6.32. The van der Waals surface area contributed by atoms with E-state index in [0.717, 1.165) is 16.7 Å². The Balaban J connectivity index is 2.33. The molecule has 1 aliphatic rings. The van der Waals surface area contributed by atoms with Crippen LogP contribution in [-0.4, -0.2) is 10.2 Å². The summed E-state index contributed by atoms with van der Waals surface area (Å²) >= 11 is 5.96. The van der Waals surface area contributed by atoms with E-state index in [4.69, 9.17) is 16.3 Å². The zero-order chi connectivity index (χ0) is 13.8. The topological polar surface area (TPSA) is 49.7 Å². The highest BCUT2D eigenvalue weighted by Crippen LogP contribution is 2.48. The molecule has 3 nitrogen and oxygen atoms in total. The lowest BCUT2D eigenvalue weighted by molar-refractivity contribution is 0.105. The first kappa shape index (κ1) is 12.2. The number of benzene rings is 2. The van der Waals surface area contributed by atoms with E-state index in [1.165, 1.54) is 6.07 Å². The lowest BCUT2D eigenvalue weighted by atomic mass is 9.86. The molecule has 1 heterocycles. The lowest BCUT2D eigenvalue weighted by Gasteiger charge is -2.35. The summed E-state index contributed by atoms with van der Waals surface area (Å²) in [5, 5.41) is 19.6. The zero-order valence-corrected chi connectivity index (χ0v) is 11.3. The van der Waals surface area contributed by atoms with Gasteiger partial charge in [-0.25, -0.2) is 0 Å². The molecule has 0 saturated carbocycles. The Morgan fingerprint density at radius 3 is 2.53 bits per heavy atom. The fraction of sp³-hybridized carbons (Fsp3) is 0.200. The second-order valence-electron chi connectivity index (χ2n) is 5.14. The van der Waals surface area contributed by atoms with Gasteiger partial charge < -0.3 is 14.9 Å². The minimum absolute atomic E-state index is 0.00144. The first-order valence-corrected chi connectivity index (χ1v) is 6.32. The predicted molar refractivity (Wildman–Crippen MR) is 73.9 cm³/mol. The minimum Gasteiger partial charge on any atom is -0.508 e. The van der Waals surface area contributed by atoms with Crippen LogP contribution in [0.1, 0.15) is 19.4 Å². The molecule has 2 N–H and O–H groups in total. The maximum atomic E-state index is 9.69. The lowest BCUT2D eigenvalue weighted by Crippen LogP contribution is -2.29. The van der Waals surface area contributed by atoms with Gasteiger partial charge in [0.2, 0.25) is 0 Å². The molecule has 2 aromatic carbocycles. The fourth-order valence-corrected chi connectivity index (χ4v) is 2.60. The first-order chi connectivity index (χ1) is 8.88. The van der Waals surface area contributed by atoms with Crippen LogP contribution in [0.15, 0.2) is 30.3 Å². The second-order valence-corrected chi connectivity index (χ2v) is 5.55. The molecular weight excluding hydrogens is 264 g/mol. The molecule has 2 aromatic rings. The number of rotatable bonds is 0. The number of ether oxygens (including phenoxy) is 1. The Morgan fingerprint density at radius 2 is 1.79 bits per heavy atom. The second kappa shape index (κ2) is 3.81. The van der Waals surface area contributed by atoms with Crippen molar-refractivity contribution in [2.24, 2.45) is 0 Å². The Kier molecular flexibility index (Phi) is 2.44. The van der Waals surface area contributed by atoms with Gasteiger partial charge >= 0.3 is 0 Å². The summed E-state index contributed by atoms with van der Waals surface area (Å²) in [6.45, 7) is 3.83. The molecule has 0 saturated heterocycles. The van der Waals surface area contributed by atoms with Crippen LogP contribution in [0, 0.1) is 0 Å². The van der Waals surface area contributed by atoms with Crippen LogP contribution in [0.5, 0.6) is 17.2 Å². The van der Waals surface area contributed by atoms with Gasteiger partial charge in [-0.05, 0) is 37.6 Å². The van der Waals surface area contributed by atoms with E-state index in [9.17, 15) is 10.2 Å².